The van der Waals surface area contributed by atoms with Crippen molar-refractivity contribution in [2.45, 2.75) is 6.61 Å². The summed E-state index contributed by atoms with van der Waals surface area (Å²) in [5.41, 5.74) is 2.16. The van der Waals surface area contributed by atoms with Crippen LogP contribution in [-0.4, -0.2) is 41.2 Å². The molecule has 0 spiro atoms. The number of amides is 1. The number of methoxy groups -OCH3 is 1. The molecule has 3 aromatic carbocycles. The first-order chi connectivity index (χ1) is 17.3. The Balaban J connectivity index is 1.56. The van der Waals surface area contributed by atoms with Crippen LogP contribution in [0.5, 0.6) is 11.5 Å². The molecule has 1 amide bonds. The second kappa shape index (κ2) is 11.1. The van der Waals surface area contributed by atoms with Crippen LogP contribution in [0.3, 0.4) is 0 Å². The number of aliphatic imine (C=N–C) groups is 1. The van der Waals surface area contributed by atoms with E-state index in [-0.39, 0.29) is 18.1 Å². The van der Waals surface area contributed by atoms with Gasteiger partial charge in [-0.25, -0.2) is 9.79 Å². The van der Waals surface area contributed by atoms with Gasteiger partial charge in [-0.1, -0.05) is 41.4 Å². The van der Waals surface area contributed by atoms with Crippen molar-refractivity contribution >= 4 is 63.8 Å². The summed E-state index contributed by atoms with van der Waals surface area (Å²) in [6, 6.07) is 16.9. The van der Waals surface area contributed by atoms with Gasteiger partial charge in [-0.05, 0) is 65.9 Å². The van der Waals surface area contributed by atoms with Gasteiger partial charge in [0.25, 0.3) is 5.91 Å². The summed E-state index contributed by atoms with van der Waals surface area (Å²) in [6.07, 6.45) is 1.70. The fraction of sp³-hybridized carbons (Fsp3) is 0.115. The van der Waals surface area contributed by atoms with Crippen LogP contribution in [0, 0.1) is 0 Å². The number of benzene rings is 3. The van der Waals surface area contributed by atoms with Gasteiger partial charge in [0.1, 0.15) is 6.61 Å². The van der Waals surface area contributed by atoms with E-state index in [9.17, 15) is 9.59 Å². The van der Waals surface area contributed by atoms with Crippen LogP contribution in [0.1, 0.15) is 21.5 Å². The Bertz CT molecular complexity index is 1390. The number of hydrogen-bond acceptors (Lipinski definition) is 6. The van der Waals surface area contributed by atoms with Crippen LogP contribution in [0.25, 0.3) is 6.08 Å². The molecule has 1 N–H and O–H groups in total. The summed E-state index contributed by atoms with van der Waals surface area (Å²) in [7, 11) is 3.13. The number of carboxylic acids is 1. The number of halogens is 2. The van der Waals surface area contributed by atoms with Crippen molar-refractivity contribution in [1.82, 2.24) is 4.90 Å². The molecule has 3 aromatic rings. The molecule has 184 valence electrons. The molecule has 4 rings (SSSR count). The van der Waals surface area contributed by atoms with E-state index in [4.69, 9.17) is 37.8 Å². The maximum atomic E-state index is 12.8. The number of carbonyl (C=O) groups excluding carboxylic acids is 1. The lowest BCUT2D eigenvalue weighted by Crippen LogP contribution is -2.23. The van der Waals surface area contributed by atoms with Gasteiger partial charge in [-0.3, -0.25) is 9.69 Å². The molecule has 1 saturated heterocycles. The standard InChI is InChI=1S/C26H20Cl2N2O5S/c1-30-24(31)22(36-26(30)29-18-9-7-16(8-10-18)25(32)33)13-15-11-20(28)23(21(12-15)34-2)35-14-17-5-3-4-6-19(17)27/h3-13H,14H2,1-2H3,(H,32,33). The molecule has 1 heterocycles. The molecule has 0 radical (unpaired) electrons. The predicted molar refractivity (Wildman–Crippen MR) is 143 cm³/mol. The monoisotopic (exact) mass is 542 g/mol. The van der Waals surface area contributed by atoms with E-state index < -0.39 is 5.97 Å². The number of hydrogen-bond donors (Lipinski definition) is 1. The molecule has 10 heteroatoms. The lowest BCUT2D eigenvalue weighted by atomic mass is 10.1. The van der Waals surface area contributed by atoms with Crippen molar-refractivity contribution in [2.24, 2.45) is 4.99 Å². The molecule has 0 unspecified atom stereocenters. The molecule has 0 saturated carbocycles. The van der Waals surface area contributed by atoms with Crippen LogP contribution < -0.4 is 9.47 Å². The van der Waals surface area contributed by atoms with Gasteiger partial charge in [0.05, 0.1) is 28.3 Å². The molecule has 1 aliphatic rings. The van der Waals surface area contributed by atoms with E-state index in [2.05, 4.69) is 4.99 Å². The van der Waals surface area contributed by atoms with Crippen LogP contribution in [-0.2, 0) is 11.4 Å². The van der Waals surface area contributed by atoms with Crippen LogP contribution >= 0.6 is 35.0 Å². The van der Waals surface area contributed by atoms with Gasteiger partial charge in [0, 0.05) is 17.6 Å². The fourth-order valence-electron chi connectivity index (χ4n) is 3.32. The third kappa shape index (κ3) is 5.67. The minimum atomic E-state index is -1.02. The highest BCUT2D eigenvalue weighted by Gasteiger charge is 2.30. The van der Waals surface area contributed by atoms with Gasteiger partial charge in [-0.15, -0.1) is 0 Å². The predicted octanol–water partition coefficient (Wildman–Crippen LogP) is 6.51. The van der Waals surface area contributed by atoms with Crippen molar-refractivity contribution in [2.75, 3.05) is 14.2 Å². The highest BCUT2D eigenvalue weighted by Crippen LogP contribution is 2.39. The largest absolute Gasteiger partial charge is 0.493 e. The number of carboxylic acid groups (broad SMARTS) is 1. The Morgan fingerprint density at radius 3 is 2.50 bits per heavy atom. The lowest BCUT2D eigenvalue weighted by Gasteiger charge is -2.14. The Labute approximate surface area is 221 Å². The number of ether oxygens (including phenoxy) is 2. The smallest absolute Gasteiger partial charge is 0.335 e. The molecule has 0 atom stereocenters. The van der Waals surface area contributed by atoms with Gasteiger partial charge in [0.2, 0.25) is 0 Å². The maximum absolute atomic E-state index is 12.8. The number of carbonyl (C=O) groups is 2. The van der Waals surface area contributed by atoms with E-state index in [0.717, 1.165) is 5.56 Å². The molecule has 1 aliphatic heterocycles. The number of amidine groups is 1. The zero-order valence-electron chi connectivity index (χ0n) is 19.2. The molecular weight excluding hydrogens is 523 g/mol. The average Bonchev–Trinajstić information content (AvgIpc) is 3.12. The third-order valence-electron chi connectivity index (χ3n) is 5.22. The zero-order valence-corrected chi connectivity index (χ0v) is 21.5. The van der Waals surface area contributed by atoms with Crippen molar-refractivity contribution in [3.05, 3.63) is 92.3 Å². The Kier molecular flexibility index (Phi) is 7.88. The van der Waals surface area contributed by atoms with E-state index >= 15 is 0 Å². The quantitative estimate of drug-likeness (QED) is 0.342. The molecule has 1 fully saturated rings. The van der Waals surface area contributed by atoms with Crippen LogP contribution in [0.15, 0.2) is 70.6 Å². The first-order valence-corrected chi connectivity index (χ1v) is 12.2. The second-order valence-corrected chi connectivity index (χ2v) is 9.46. The fourth-order valence-corrected chi connectivity index (χ4v) is 4.77. The summed E-state index contributed by atoms with van der Waals surface area (Å²) in [5.74, 6) is -0.459. The molecule has 0 aromatic heterocycles. The highest BCUT2D eigenvalue weighted by atomic mass is 35.5. The van der Waals surface area contributed by atoms with Gasteiger partial charge in [0.15, 0.2) is 16.7 Å². The normalized spacial score (nSPS) is 15.6. The Morgan fingerprint density at radius 2 is 1.83 bits per heavy atom. The molecule has 36 heavy (non-hydrogen) atoms. The third-order valence-corrected chi connectivity index (χ3v) is 6.93. The summed E-state index contributed by atoms with van der Waals surface area (Å²) in [5, 5.41) is 10.4. The van der Waals surface area contributed by atoms with E-state index in [1.165, 1.54) is 35.9 Å². The summed E-state index contributed by atoms with van der Waals surface area (Å²) < 4.78 is 11.4. The average molecular weight is 543 g/mol. The minimum absolute atomic E-state index is 0.160. The van der Waals surface area contributed by atoms with E-state index in [0.29, 0.717) is 42.9 Å². The van der Waals surface area contributed by atoms with Crippen molar-refractivity contribution < 1.29 is 24.2 Å². The number of thioether (sulfide) groups is 1. The first-order valence-electron chi connectivity index (χ1n) is 10.6. The number of rotatable bonds is 7. The van der Waals surface area contributed by atoms with Crippen molar-refractivity contribution in [1.29, 1.82) is 0 Å². The van der Waals surface area contributed by atoms with Gasteiger partial charge < -0.3 is 14.6 Å². The van der Waals surface area contributed by atoms with E-state index in [1.807, 2.05) is 18.2 Å². The highest BCUT2D eigenvalue weighted by molar-refractivity contribution is 8.18. The first kappa shape index (κ1) is 25.6. The van der Waals surface area contributed by atoms with Gasteiger partial charge >= 0.3 is 5.97 Å². The number of aromatic carboxylic acids is 1. The van der Waals surface area contributed by atoms with Crippen LogP contribution in [0.4, 0.5) is 5.69 Å². The lowest BCUT2D eigenvalue weighted by molar-refractivity contribution is -0.121. The van der Waals surface area contributed by atoms with Crippen LogP contribution in [0.2, 0.25) is 10.0 Å². The molecular formula is C26H20Cl2N2O5S. The second-order valence-electron chi connectivity index (χ2n) is 7.64. The molecule has 7 nitrogen and oxygen atoms in total. The van der Waals surface area contributed by atoms with Crippen molar-refractivity contribution in [3.8, 4) is 11.5 Å². The zero-order chi connectivity index (χ0) is 25.8. The Morgan fingerprint density at radius 1 is 1.11 bits per heavy atom. The minimum Gasteiger partial charge on any atom is -0.493 e. The Hall–Kier alpha value is -3.46. The number of nitrogens with zero attached hydrogens (tertiary/aromatic N) is 2. The maximum Gasteiger partial charge on any atom is 0.335 e. The molecule has 0 aliphatic carbocycles. The van der Waals surface area contributed by atoms with Crippen molar-refractivity contribution in [3.63, 3.8) is 0 Å². The molecule has 0 bridgehead atoms. The van der Waals surface area contributed by atoms with Gasteiger partial charge in [-0.2, -0.15) is 0 Å². The topological polar surface area (TPSA) is 88.4 Å². The number of likely N-dealkylation sites (N-methyl/N-ethyl adjacent to an activating group) is 1. The SMILES string of the molecule is COc1cc(C=C2SC(=Nc3ccc(C(=O)O)cc3)N(C)C2=O)cc(Cl)c1OCc1ccccc1Cl. The summed E-state index contributed by atoms with van der Waals surface area (Å²) in [6.45, 7) is 0.211. The van der Waals surface area contributed by atoms with E-state index in [1.54, 1.807) is 43.5 Å². The summed E-state index contributed by atoms with van der Waals surface area (Å²) >= 11 is 13.9. The summed E-state index contributed by atoms with van der Waals surface area (Å²) in [4.78, 5) is 30.2.